The quantitative estimate of drug-likeness (QED) is 0.434. The summed E-state index contributed by atoms with van der Waals surface area (Å²) in [4.78, 5) is 0. The maximum Gasteiger partial charge on any atom is 0.141 e. The molecule has 0 unspecified atom stereocenters. The summed E-state index contributed by atoms with van der Waals surface area (Å²) >= 11 is 17.4. The van der Waals surface area contributed by atoms with Crippen LogP contribution < -0.4 is 9.47 Å². The zero-order valence-electron chi connectivity index (χ0n) is 14.1. The van der Waals surface area contributed by atoms with Gasteiger partial charge in [-0.15, -0.1) is 0 Å². The average molecular weight is 400 g/mol. The van der Waals surface area contributed by atoms with Gasteiger partial charge in [0.2, 0.25) is 0 Å². The Balaban J connectivity index is 1.80. The predicted octanol–water partition coefficient (Wildman–Crippen LogP) is 6.75. The molecule has 2 rings (SSSR count). The molecule has 0 atom stereocenters. The molecule has 0 aliphatic carbocycles. The lowest BCUT2D eigenvalue weighted by atomic mass is 10.1. The van der Waals surface area contributed by atoms with Crippen LogP contribution in [0.4, 0.5) is 0 Å². The van der Waals surface area contributed by atoms with E-state index < -0.39 is 0 Å². The van der Waals surface area contributed by atoms with Crippen molar-refractivity contribution in [2.45, 2.75) is 26.2 Å². The maximum absolute atomic E-state index is 6.31. The molecule has 0 amide bonds. The van der Waals surface area contributed by atoms with E-state index in [1.165, 1.54) is 5.56 Å². The van der Waals surface area contributed by atoms with Crippen molar-refractivity contribution in [3.05, 3.63) is 69.2 Å². The minimum Gasteiger partial charge on any atom is -0.492 e. The summed E-state index contributed by atoms with van der Waals surface area (Å²) < 4.78 is 11.6. The molecule has 2 nitrogen and oxygen atoms in total. The first-order valence-electron chi connectivity index (χ1n) is 8.17. The predicted molar refractivity (Wildman–Crippen MR) is 106 cm³/mol. The number of aryl methyl sites for hydroxylation is 2. The van der Waals surface area contributed by atoms with Gasteiger partial charge < -0.3 is 9.47 Å². The van der Waals surface area contributed by atoms with Crippen molar-refractivity contribution in [2.75, 3.05) is 13.2 Å². The molecule has 2 aromatic rings. The molecule has 5 heteroatoms. The van der Waals surface area contributed by atoms with Gasteiger partial charge in [-0.25, -0.2) is 0 Å². The first-order chi connectivity index (χ1) is 12.1. The fraction of sp³-hybridized carbons (Fsp3) is 0.300. The third-order valence-corrected chi connectivity index (χ3v) is 4.23. The highest BCUT2D eigenvalue weighted by atomic mass is 35.5. The van der Waals surface area contributed by atoms with Crippen LogP contribution in [0.5, 0.6) is 11.5 Å². The van der Waals surface area contributed by atoms with Crippen LogP contribution >= 0.6 is 34.8 Å². The molecule has 0 heterocycles. The van der Waals surface area contributed by atoms with Crippen LogP contribution in [-0.4, -0.2) is 13.2 Å². The molecule has 0 saturated carbocycles. The zero-order valence-corrected chi connectivity index (χ0v) is 16.4. The van der Waals surface area contributed by atoms with Gasteiger partial charge in [0.15, 0.2) is 0 Å². The van der Waals surface area contributed by atoms with Crippen LogP contribution in [0.15, 0.2) is 53.0 Å². The number of hydrogen-bond donors (Lipinski definition) is 0. The fourth-order valence-electron chi connectivity index (χ4n) is 2.42. The molecule has 0 bridgehead atoms. The van der Waals surface area contributed by atoms with Crippen LogP contribution in [0.25, 0.3) is 0 Å². The monoisotopic (exact) mass is 398 g/mol. The second-order valence-corrected chi connectivity index (χ2v) is 7.06. The summed E-state index contributed by atoms with van der Waals surface area (Å²) in [6.07, 6.45) is 4.68. The van der Waals surface area contributed by atoms with E-state index >= 15 is 0 Å². The molecule has 0 N–H and O–H groups in total. The van der Waals surface area contributed by atoms with Gasteiger partial charge in [0.25, 0.3) is 0 Å². The van der Waals surface area contributed by atoms with Gasteiger partial charge in [-0.1, -0.05) is 65.1 Å². The molecular weight excluding hydrogens is 379 g/mol. The van der Waals surface area contributed by atoms with E-state index in [2.05, 4.69) is 24.3 Å². The summed E-state index contributed by atoms with van der Waals surface area (Å²) in [5.74, 6) is 1.37. The summed E-state index contributed by atoms with van der Waals surface area (Å²) in [6, 6.07) is 14.1. The lowest BCUT2D eigenvalue weighted by Gasteiger charge is -2.13. The van der Waals surface area contributed by atoms with Crippen LogP contribution in [0.2, 0.25) is 5.02 Å². The topological polar surface area (TPSA) is 18.5 Å². The Morgan fingerprint density at radius 2 is 1.80 bits per heavy atom. The molecule has 0 radical (unpaired) electrons. The van der Waals surface area contributed by atoms with Crippen LogP contribution in [-0.2, 0) is 6.42 Å². The van der Waals surface area contributed by atoms with Gasteiger partial charge in [-0.3, -0.25) is 0 Å². The lowest BCUT2D eigenvalue weighted by Crippen LogP contribution is -2.01. The molecule has 0 aliphatic heterocycles. The number of halogens is 3. The highest BCUT2D eigenvalue weighted by molar-refractivity contribution is 6.55. The highest BCUT2D eigenvalue weighted by Crippen LogP contribution is 2.33. The van der Waals surface area contributed by atoms with E-state index in [9.17, 15) is 0 Å². The second kappa shape index (κ2) is 10.6. The largest absolute Gasteiger partial charge is 0.492 e. The van der Waals surface area contributed by atoms with E-state index in [-0.39, 0.29) is 11.1 Å². The van der Waals surface area contributed by atoms with Crippen molar-refractivity contribution in [1.29, 1.82) is 0 Å². The van der Waals surface area contributed by atoms with Gasteiger partial charge in [-0.05, 0) is 49.5 Å². The highest BCUT2D eigenvalue weighted by Gasteiger charge is 2.09. The Bertz CT molecular complexity index is 672. The molecule has 25 heavy (non-hydrogen) atoms. The van der Waals surface area contributed by atoms with E-state index in [1.54, 1.807) is 12.1 Å². The van der Waals surface area contributed by atoms with Crippen LogP contribution in [0.1, 0.15) is 24.0 Å². The van der Waals surface area contributed by atoms with Crippen LogP contribution in [0, 0.1) is 6.92 Å². The first-order valence-corrected chi connectivity index (χ1v) is 9.30. The minimum atomic E-state index is 0.179. The Morgan fingerprint density at radius 3 is 2.48 bits per heavy atom. The second-order valence-electron chi connectivity index (χ2n) is 5.65. The Hall–Kier alpha value is -1.35. The molecule has 0 spiro atoms. The van der Waals surface area contributed by atoms with Gasteiger partial charge in [0.1, 0.15) is 22.6 Å². The Kier molecular flexibility index (Phi) is 8.47. The molecular formula is C20H21Cl3O2. The molecule has 0 saturated heterocycles. The molecule has 0 aromatic heterocycles. The van der Waals surface area contributed by atoms with E-state index in [0.717, 1.165) is 24.8 Å². The standard InChI is InChI=1S/C20H21Cl3O2/c1-15-13-17(24-12-10-19(22)23)14-18(21)20(15)25-11-6-5-9-16-7-3-2-4-8-16/h2-4,7-8,10,13-14H,5-6,9,11-12H2,1H3. The van der Waals surface area contributed by atoms with Crippen molar-refractivity contribution in [3.8, 4) is 11.5 Å². The van der Waals surface area contributed by atoms with E-state index in [1.807, 2.05) is 19.1 Å². The lowest BCUT2D eigenvalue weighted by molar-refractivity contribution is 0.303. The summed E-state index contributed by atoms with van der Waals surface area (Å²) in [5.41, 5.74) is 2.29. The maximum atomic E-state index is 6.31. The van der Waals surface area contributed by atoms with Crippen molar-refractivity contribution in [2.24, 2.45) is 0 Å². The number of rotatable bonds is 9. The Morgan fingerprint density at radius 1 is 1.04 bits per heavy atom. The van der Waals surface area contributed by atoms with Gasteiger partial charge in [-0.2, -0.15) is 0 Å². The van der Waals surface area contributed by atoms with Crippen molar-refractivity contribution < 1.29 is 9.47 Å². The molecule has 0 fully saturated rings. The summed E-state index contributed by atoms with van der Waals surface area (Å²) in [7, 11) is 0. The number of benzene rings is 2. The van der Waals surface area contributed by atoms with E-state index in [0.29, 0.717) is 23.1 Å². The fourth-order valence-corrected chi connectivity index (χ4v) is 2.85. The third-order valence-electron chi connectivity index (χ3n) is 3.64. The third kappa shape index (κ3) is 7.19. The number of ether oxygens (including phenoxy) is 2. The van der Waals surface area contributed by atoms with Crippen molar-refractivity contribution >= 4 is 34.8 Å². The minimum absolute atomic E-state index is 0.179. The van der Waals surface area contributed by atoms with Crippen molar-refractivity contribution in [3.63, 3.8) is 0 Å². The average Bonchev–Trinajstić information content (AvgIpc) is 2.57. The molecule has 2 aromatic carbocycles. The van der Waals surface area contributed by atoms with Gasteiger partial charge >= 0.3 is 0 Å². The first kappa shape index (κ1) is 20.0. The SMILES string of the molecule is Cc1cc(OCC=C(Cl)Cl)cc(Cl)c1OCCCCc1ccccc1. The Labute approximate surface area is 164 Å². The molecule has 134 valence electrons. The zero-order chi connectivity index (χ0) is 18.1. The summed E-state index contributed by atoms with van der Waals surface area (Å²) in [6.45, 7) is 2.87. The number of unbranched alkanes of at least 4 members (excludes halogenated alkanes) is 1. The molecule has 0 aliphatic rings. The van der Waals surface area contributed by atoms with Crippen LogP contribution in [0.3, 0.4) is 0 Å². The van der Waals surface area contributed by atoms with Gasteiger partial charge in [0, 0.05) is 6.07 Å². The normalized spacial score (nSPS) is 10.4. The summed E-state index contributed by atoms with van der Waals surface area (Å²) in [5, 5.41) is 0.541. The van der Waals surface area contributed by atoms with Crippen molar-refractivity contribution in [1.82, 2.24) is 0 Å². The van der Waals surface area contributed by atoms with Gasteiger partial charge in [0.05, 0.1) is 11.6 Å². The smallest absolute Gasteiger partial charge is 0.141 e. The van der Waals surface area contributed by atoms with E-state index in [4.69, 9.17) is 44.3 Å². The number of hydrogen-bond acceptors (Lipinski definition) is 2.